The molecule has 1 aliphatic heterocycles. The number of aliphatic hydroxyl groups excluding tert-OH is 1. The molecule has 1 fully saturated rings. The fraction of sp³-hybridized carbons (Fsp3) is 0.500. The van der Waals surface area contributed by atoms with Crippen LogP contribution in [-0.4, -0.2) is 54.8 Å². The molecular weight excluding hydrogens is 240 g/mol. The maximum Gasteiger partial charge on any atom is 0.0991 e. The van der Waals surface area contributed by atoms with Crippen LogP contribution < -0.4 is 5.43 Å². The van der Waals surface area contributed by atoms with Crippen LogP contribution in [0.1, 0.15) is 17.2 Å². The number of piperazine rings is 1. The highest BCUT2D eigenvalue weighted by atomic mass is 16.3. The summed E-state index contributed by atoms with van der Waals surface area (Å²) in [5.74, 6) is 0. The van der Waals surface area contributed by atoms with Gasteiger partial charge in [0.15, 0.2) is 0 Å². The Labute approximate surface area is 114 Å². The van der Waals surface area contributed by atoms with Gasteiger partial charge in [-0.1, -0.05) is 12.1 Å². The first-order chi connectivity index (χ1) is 9.19. The van der Waals surface area contributed by atoms with Gasteiger partial charge in [0.2, 0.25) is 0 Å². The van der Waals surface area contributed by atoms with Crippen molar-refractivity contribution in [1.29, 1.82) is 5.26 Å². The molecular formula is C14H20N4O. The molecule has 0 amide bonds. The monoisotopic (exact) mass is 260 g/mol. The van der Waals surface area contributed by atoms with Crippen molar-refractivity contribution in [2.45, 2.75) is 6.10 Å². The van der Waals surface area contributed by atoms with Crippen LogP contribution >= 0.6 is 0 Å². The third-order valence-electron chi connectivity index (χ3n) is 3.44. The molecule has 1 aliphatic rings. The van der Waals surface area contributed by atoms with Gasteiger partial charge in [-0.2, -0.15) is 5.26 Å². The number of nitrogens with one attached hydrogen (secondary N) is 1. The highest BCUT2D eigenvalue weighted by Gasteiger charge is 2.15. The zero-order valence-electron chi connectivity index (χ0n) is 11.2. The van der Waals surface area contributed by atoms with Crippen LogP contribution in [0.2, 0.25) is 0 Å². The maximum atomic E-state index is 10.1. The van der Waals surface area contributed by atoms with Crippen molar-refractivity contribution in [3.8, 4) is 6.07 Å². The number of hydrogen-bond acceptors (Lipinski definition) is 5. The molecule has 102 valence electrons. The fourth-order valence-electron chi connectivity index (χ4n) is 2.08. The molecule has 0 bridgehead atoms. The Kier molecular flexibility index (Phi) is 4.88. The van der Waals surface area contributed by atoms with Crippen LogP contribution in [0.15, 0.2) is 24.3 Å². The van der Waals surface area contributed by atoms with E-state index in [0.717, 1.165) is 31.7 Å². The number of nitrogens with zero attached hydrogens (tertiary/aromatic N) is 3. The largest absolute Gasteiger partial charge is 0.387 e. The van der Waals surface area contributed by atoms with Crippen LogP contribution in [0.25, 0.3) is 0 Å². The molecule has 0 radical (unpaired) electrons. The summed E-state index contributed by atoms with van der Waals surface area (Å²) < 4.78 is 0. The topological polar surface area (TPSA) is 62.5 Å². The third kappa shape index (κ3) is 4.01. The Bertz CT molecular complexity index is 432. The highest BCUT2D eigenvalue weighted by molar-refractivity contribution is 5.32. The summed E-state index contributed by atoms with van der Waals surface area (Å²) in [6, 6.07) is 9.13. The summed E-state index contributed by atoms with van der Waals surface area (Å²) in [6.45, 7) is 4.52. The lowest BCUT2D eigenvalue weighted by Crippen LogP contribution is -2.51. The lowest BCUT2D eigenvalue weighted by molar-refractivity contribution is 0.0744. The molecule has 1 unspecified atom stereocenters. The Morgan fingerprint density at radius 1 is 1.26 bits per heavy atom. The van der Waals surface area contributed by atoms with E-state index in [4.69, 9.17) is 5.26 Å². The van der Waals surface area contributed by atoms with Gasteiger partial charge in [0, 0.05) is 32.7 Å². The van der Waals surface area contributed by atoms with Gasteiger partial charge >= 0.3 is 0 Å². The second kappa shape index (κ2) is 6.64. The van der Waals surface area contributed by atoms with E-state index in [1.165, 1.54) is 0 Å². The number of likely N-dealkylation sites (N-methyl/N-ethyl adjacent to an activating group) is 1. The maximum absolute atomic E-state index is 10.1. The SMILES string of the molecule is CN1CCN(NCC(O)c2ccc(C#N)cc2)CC1. The molecule has 2 N–H and O–H groups in total. The molecule has 1 atom stereocenters. The van der Waals surface area contributed by atoms with E-state index in [1.807, 2.05) is 0 Å². The second-order valence-electron chi connectivity index (χ2n) is 4.90. The van der Waals surface area contributed by atoms with Gasteiger partial charge in [-0.15, -0.1) is 0 Å². The minimum Gasteiger partial charge on any atom is -0.387 e. The van der Waals surface area contributed by atoms with Crippen LogP contribution in [-0.2, 0) is 0 Å². The van der Waals surface area contributed by atoms with Crippen molar-refractivity contribution in [3.05, 3.63) is 35.4 Å². The summed E-state index contributed by atoms with van der Waals surface area (Å²) in [6.07, 6.45) is -0.549. The lowest BCUT2D eigenvalue weighted by atomic mass is 10.1. The van der Waals surface area contributed by atoms with Gasteiger partial charge in [-0.25, -0.2) is 5.01 Å². The number of hydrazine groups is 1. The van der Waals surface area contributed by atoms with E-state index in [0.29, 0.717) is 12.1 Å². The number of rotatable bonds is 4. The van der Waals surface area contributed by atoms with E-state index in [9.17, 15) is 5.11 Å². The Hall–Kier alpha value is -1.45. The summed E-state index contributed by atoms with van der Waals surface area (Å²) in [5, 5.41) is 21.0. The normalized spacial score (nSPS) is 19.0. The van der Waals surface area contributed by atoms with E-state index < -0.39 is 6.10 Å². The first-order valence-electron chi connectivity index (χ1n) is 6.54. The standard InChI is InChI=1S/C14H20N4O/c1-17-6-8-18(9-7-17)16-11-14(19)13-4-2-12(10-15)3-5-13/h2-5,14,16,19H,6-9,11H2,1H3. The molecule has 0 aliphatic carbocycles. The Balaban J connectivity index is 1.80. The van der Waals surface area contributed by atoms with Gasteiger partial charge in [-0.05, 0) is 24.7 Å². The van der Waals surface area contributed by atoms with Gasteiger partial charge in [0.05, 0.1) is 17.7 Å². The van der Waals surface area contributed by atoms with Crippen molar-refractivity contribution in [1.82, 2.24) is 15.3 Å². The fourth-order valence-corrected chi connectivity index (χ4v) is 2.08. The van der Waals surface area contributed by atoms with Crippen LogP contribution in [0.4, 0.5) is 0 Å². The molecule has 1 saturated heterocycles. The Morgan fingerprint density at radius 2 is 1.89 bits per heavy atom. The highest BCUT2D eigenvalue weighted by Crippen LogP contribution is 2.13. The Morgan fingerprint density at radius 3 is 2.47 bits per heavy atom. The molecule has 5 heteroatoms. The molecule has 5 nitrogen and oxygen atoms in total. The first kappa shape index (κ1) is 14.0. The zero-order chi connectivity index (χ0) is 13.7. The van der Waals surface area contributed by atoms with Gasteiger partial charge in [-0.3, -0.25) is 5.43 Å². The molecule has 1 aromatic rings. The molecule has 19 heavy (non-hydrogen) atoms. The summed E-state index contributed by atoms with van der Waals surface area (Å²) in [7, 11) is 2.11. The van der Waals surface area contributed by atoms with Crippen molar-refractivity contribution in [2.24, 2.45) is 0 Å². The lowest BCUT2D eigenvalue weighted by Gasteiger charge is -2.33. The number of aliphatic hydroxyl groups is 1. The number of hydrogen-bond donors (Lipinski definition) is 2. The van der Waals surface area contributed by atoms with Crippen molar-refractivity contribution in [3.63, 3.8) is 0 Å². The average Bonchev–Trinajstić information content (AvgIpc) is 2.46. The van der Waals surface area contributed by atoms with Crippen LogP contribution in [0, 0.1) is 11.3 Å². The summed E-state index contributed by atoms with van der Waals surface area (Å²) in [4.78, 5) is 2.29. The molecule has 2 rings (SSSR count). The molecule has 0 saturated carbocycles. The van der Waals surface area contributed by atoms with Gasteiger partial charge in [0.25, 0.3) is 0 Å². The van der Waals surface area contributed by atoms with E-state index in [-0.39, 0.29) is 0 Å². The van der Waals surface area contributed by atoms with Crippen molar-refractivity contribution < 1.29 is 5.11 Å². The molecule has 0 spiro atoms. The van der Waals surface area contributed by atoms with Gasteiger partial charge in [0.1, 0.15) is 0 Å². The number of nitriles is 1. The quantitative estimate of drug-likeness (QED) is 0.817. The van der Waals surface area contributed by atoms with Crippen molar-refractivity contribution >= 4 is 0 Å². The smallest absolute Gasteiger partial charge is 0.0991 e. The first-order valence-corrected chi connectivity index (χ1v) is 6.54. The predicted octanol–water partition coefficient (Wildman–Crippen LogP) is 0.344. The predicted molar refractivity (Wildman–Crippen MR) is 73.2 cm³/mol. The van der Waals surface area contributed by atoms with E-state index in [2.05, 4.69) is 28.5 Å². The van der Waals surface area contributed by atoms with Crippen LogP contribution in [0.5, 0.6) is 0 Å². The number of benzene rings is 1. The molecule has 0 aromatic heterocycles. The molecule has 1 aromatic carbocycles. The molecule has 1 heterocycles. The second-order valence-corrected chi connectivity index (χ2v) is 4.90. The van der Waals surface area contributed by atoms with Crippen LogP contribution in [0.3, 0.4) is 0 Å². The van der Waals surface area contributed by atoms with Crippen molar-refractivity contribution in [2.75, 3.05) is 39.8 Å². The van der Waals surface area contributed by atoms with E-state index in [1.54, 1.807) is 24.3 Å². The van der Waals surface area contributed by atoms with E-state index >= 15 is 0 Å². The summed E-state index contributed by atoms with van der Waals surface area (Å²) >= 11 is 0. The zero-order valence-corrected chi connectivity index (χ0v) is 11.2. The minimum absolute atomic E-state index is 0.496. The third-order valence-corrected chi connectivity index (χ3v) is 3.44. The van der Waals surface area contributed by atoms with Gasteiger partial charge < -0.3 is 10.0 Å². The minimum atomic E-state index is -0.549. The average molecular weight is 260 g/mol. The summed E-state index contributed by atoms with van der Waals surface area (Å²) in [5.41, 5.74) is 4.71.